The largest absolute Gasteiger partial charge is 0.472 e. The van der Waals surface area contributed by atoms with E-state index in [0.717, 1.165) is 17.8 Å². The summed E-state index contributed by atoms with van der Waals surface area (Å²) < 4.78 is 5.48. The van der Waals surface area contributed by atoms with Crippen LogP contribution in [-0.2, 0) is 6.61 Å². The number of hydrogen-bond acceptors (Lipinski definition) is 6. The smallest absolute Gasteiger partial charge is 0.288 e. The highest BCUT2D eigenvalue weighted by molar-refractivity contribution is 5.99. The van der Waals surface area contributed by atoms with Gasteiger partial charge in [0.1, 0.15) is 12.8 Å². The third-order valence-corrected chi connectivity index (χ3v) is 2.65. The fourth-order valence-electron chi connectivity index (χ4n) is 1.62. The summed E-state index contributed by atoms with van der Waals surface area (Å²) in [6.07, 6.45) is 1.05. The summed E-state index contributed by atoms with van der Waals surface area (Å²) in [5.74, 6) is -0.256. The van der Waals surface area contributed by atoms with Gasteiger partial charge in [0, 0.05) is 6.07 Å². The Hall–Kier alpha value is -3.16. The van der Waals surface area contributed by atoms with Crippen molar-refractivity contribution in [2.45, 2.75) is 6.61 Å². The number of rotatable bonds is 5. The van der Waals surface area contributed by atoms with Gasteiger partial charge in [-0.3, -0.25) is 10.1 Å². The molecule has 2 aromatic rings. The van der Waals surface area contributed by atoms with Crippen molar-refractivity contribution in [3.05, 3.63) is 63.8 Å². The minimum absolute atomic E-state index is 0.0553. The minimum atomic E-state index is -0.623. The van der Waals surface area contributed by atoms with Crippen LogP contribution in [0.25, 0.3) is 0 Å². The standard InChI is InChI=1S/C13H12N4O4/c14-12(16-18)11-6-10(17(19)20)7-15-13(11)21-8-9-4-2-1-3-5-9/h1-7,18H,8H2,(H2,14,16). The van der Waals surface area contributed by atoms with Crippen molar-refractivity contribution in [2.75, 3.05) is 0 Å². The number of nitrogens with zero attached hydrogens (tertiary/aromatic N) is 3. The van der Waals surface area contributed by atoms with Crippen molar-refractivity contribution < 1.29 is 14.9 Å². The van der Waals surface area contributed by atoms with Gasteiger partial charge in [0.15, 0.2) is 5.84 Å². The van der Waals surface area contributed by atoms with Gasteiger partial charge in [-0.1, -0.05) is 35.5 Å². The van der Waals surface area contributed by atoms with E-state index in [4.69, 9.17) is 15.7 Å². The quantitative estimate of drug-likeness (QED) is 0.283. The third-order valence-electron chi connectivity index (χ3n) is 2.65. The highest BCUT2D eigenvalue weighted by Gasteiger charge is 2.16. The Kier molecular flexibility index (Phi) is 4.30. The summed E-state index contributed by atoms with van der Waals surface area (Å²) in [5, 5.41) is 22.3. The Balaban J connectivity index is 2.28. The zero-order valence-corrected chi connectivity index (χ0v) is 10.8. The first-order chi connectivity index (χ1) is 10.1. The average molecular weight is 288 g/mol. The van der Waals surface area contributed by atoms with E-state index in [2.05, 4.69) is 10.1 Å². The fourth-order valence-corrected chi connectivity index (χ4v) is 1.62. The van der Waals surface area contributed by atoms with Crippen LogP contribution >= 0.6 is 0 Å². The Morgan fingerprint density at radius 1 is 1.43 bits per heavy atom. The molecule has 8 heteroatoms. The van der Waals surface area contributed by atoms with Gasteiger partial charge in [-0.2, -0.15) is 0 Å². The first kappa shape index (κ1) is 14.3. The minimum Gasteiger partial charge on any atom is -0.472 e. The van der Waals surface area contributed by atoms with E-state index in [1.807, 2.05) is 30.3 Å². The molecule has 0 aliphatic heterocycles. The molecule has 0 fully saturated rings. The average Bonchev–Trinajstić information content (AvgIpc) is 2.52. The Morgan fingerprint density at radius 2 is 2.14 bits per heavy atom. The maximum absolute atomic E-state index is 10.7. The number of aromatic nitrogens is 1. The molecule has 0 saturated heterocycles. The summed E-state index contributed by atoms with van der Waals surface area (Å²) >= 11 is 0. The number of benzene rings is 1. The molecule has 0 saturated carbocycles. The van der Waals surface area contributed by atoms with Crippen molar-refractivity contribution in [1.82, 2.24) is 4.98 Å². The van der Waals surface area contributed by atoms with Crippen molar-refractivity contribution in [3.63, 3.8) is 0 Å². The predicted octanol–water partition coefficient (Wildman–Crippen LogP) is 1.66. The lowest BCUT2D eigenvalue weighted by atomic mass is 10.2. The third kappa shape index (κ3) is 3.44. The molecule has 8 nitrogen and oxygen atoms in total. The molecule has 0 aliphatic rings. The first-order valence-electron chi connectivity index (χ1n) is 5.91. The van der Waals surface area contributed by atoms with Gasteiger partial charge in [0.25, 0.3) is 5.69 Å². The molecule has 3 N–H and O–H groups in total. The fraction of sp³-hybridized carbons (Fsp3) is 0.0769. The second kappa shape index (κ2) is 6.33. The van der Waals surface area contributed by atoms with Crippen molar-refractivity contribution in [1.29, 1.82) is 0 Å². The SMILES string of the molecule is NC(=NO)c1cc([N+](=O)[O-])cnc1OCc1ccccc1. The van der Waals surface area contributed by atoms with Crippen molar-refractivity contribution >= 4 is 11.5 Å². The van der Waals surface area contributed by atoms with Gasteiger partial charge >= 0.3 is 0 Å². The van der Waals surface area contributed by atoms with E-state index < -0.39 is 4.92 Å². The van der Waals surface area contributed by atoms with Crippen LogP contribution < -0.4 is 10.5 Å². The van der Waals surface area contributed by atoms with E-state index in [-0.39, 0.29) is 29.6 Å². The first-order valence-corrected chi connectivity index (χ1v) is 5.91. The number of ether oxygens (including phenoxy) is 1. The number of amidine groups is 1. The second-order valence-electron chi connectivity index (χ2n) is 4.06. The molecule has 108 valence electrons. The monoisotopic (exact) mass is 288 g/mol. The lowest BCUT2D eigenvalue weighted by Crippen LogP contribution is -2.16. The zero-order chi connectivity index (χ0) is 15.2. The van der Waals surface area contributed by atoms with Crippen LogP contribution in [0.15, 0.2) is 47.8 Å². The van der Waals surface area contributed by atoms with Gasteiger partial charge in [-0.05, 0) is 5.56 Å². The van der Waals surface area contributed by atoms with E-state index >= 15 is 0 Å². The summed E-state index contributed by atoms with van der Waals surface area (Å²) in [6.45, 7) is 0.206. The van der Waals surface area contributed by atoms with Crippen LogP contribution in [0.5, 0.6) is 5.88 Å². The highest BCUT2D eigenvalue weighted by Crippen LogP contribution is 2.21. The molecule has 0 radical (unpaired) electrons. The molecule has 0 aliphatic carbocycles. The normalized spacial score (nSPS) is 11.1. The molecular weight excluding hydrogens is 276 g/mol. The van der Waals surface area contributed by atoms with Gasteiger partial charge in [0.05, 0.1) is 10.5 Å². The molecule has 0 unspecified atom stereocenters. The van der Waals surface area contributed by atoms with Crippen LogP contribution in [0.3, 0.4) is 0 Å². The van der Waals surface area contributed by atoms with E-state index in [1.165, 1.54) is 0 Å². The second-order valence-corrected chi connectivity index (χ2v) is 4.06. The number of pyridine rings is 1. The molecule has 0 spiro atoms. The van der Waals surface area contributed by atoms with Gasteiger partial charge < -0.3 is 15.7 Å². The maximum atomic E-state index is 10.7. The van der Waals surface area contributed by atoms with E-state index in [0.29, 0.717) is 0 Å². The van der Waals surface area contributed by atoms with Crippen molar-refractivity contribution in [2.24, 2.45) is 10.9 Å². The summed E-state index contributed by atoms with van der Waals surface area (Å²) in [5.41, 5.74) is 6.17. The van der Waals surface area contributed by atoms with Gasteiger partial charge in [0.2, 0.25) is 5.88 Å². The molecule has 1 heterocycles. The molecular formula is C13H12N4O4. The molecule has 0 bridgehead atoms. The Morgan fingerprint density at radius 3 is 2.76 bits per heavy atom. The lowest BCUT2D eigenvalue weighted by molar-refractivity contribution is -0.385. The summed E-state index contributed by atoms with van der Waals surface area (Å²) in [7, 11) is 0. The summed E-state index contributed by atoms with van der Waals surface area (Å²) in [4.78, 5) is 14.0. The Bertz CT molecular complexity index is 673. The highest BCUT2D eigenvalue weighted by atomic mass is 16.6. The predicted molar refractivity (Wildman–Crippen MR) is 74.2 cm³/mol. The number of nitro groups is 1. The number of nitrogens with two attached hydrogens (primary N) is 1. The van der Waals surface area contributed by atoms with Crippen LogP contribution in [0.1, 0.15) is 11.1 Å². The Labute approximate surface area is 119 Å². The molecule has 0 atom stereocenters. The molecule has 2 rings (SSSR count). The van der Waals surface area contributed by atoms with Gasteiger partial charge in [-0.15, -0.1) is 0 Å². The van der Waals surface area contributed by atoms with Crippen LogP contribution in [0, 0.1) is 10.1 Å². The lowest BCUT2D eigenvalue weighted by Gasteiger charge is -2.09. The maximum Gasteiger partial charge on any atom is 0.288 e. The van der Waals surface area contributed by atoms with Crippen LogP contribution in [0.4, 0.5) is 5.69 Å². The summed E-state index contributed by atoms with van der Waals surface area (Å²) in [6, 6.07) is 10.4. The molecule has 21 heavy (non-hydrogen) atoms. The van der Waals surface area contributed by atoms with Crippen LogP contribution in [-0.4, -0.2) is 21.0 Å². The number of hydrogen-bond donors (Lipinski definition) is 2. The van der Waals surface area contributed by atoms with E-state index in [9.17, 15) is 10.1 Å². The van der Waals surface area contributed by atoms with Crippen molar-refractivity contribution in [3.8, 4) is 5.88 Å². The van der Waals surface area contributed by atoms with Crippen LogP contribution in [0.2, 0.25) is 0 Å². The molecule has 1 aromatic heterocycles. The number of oxime groups is 1. The molecule has 1 aromatic carbocycles. The zero-order valence-electron chi connectivity index (χ0n) is 10.8. The molecule has 0 amide bonds. The van der Waals surface area contributed by atoms with E-state index in [1.54, 1.807) is 0 Å². The topological polar surface area (TPSA) is 124 Å². The van der Waals surface area contributed by atoms with Gasteiger partial charge in [-0.25, -0.2) is 4.98 Å².